The topological polar surface area (TPSA) is 67.0 Å². The Balaban J connectivity index is 3.70. The van der Waals surface area contributed by atoms with E-state index in [9.17, 15) is 13.2 Å². The third-order valence-corrected chi connectivity index (χ3v) is 3.29. The highest BCUT2D eigenvalue weighted by Gasteiger charge is 2.19. The molecule has 0 aromatic carbocycles. The van der Waals surface area contributed by atoms with Crippen molar-refractivity contribution >= 4 is 9.84 Å². The second kappa shape index (κ2) is 3.81. The van der Waals surface area contributed by atoms with Crippen LogP contribution in [-0.4, -0.2) is 19.7 Å². The lowest BCUT2D eigenvalue weighted by atomic mass is 10.0. The molecule has 0 aliphatic rings. The Bertz CT molecular complexity index is 526. The molecule has 4 nitrogen and oxygen atoms in total. The fourth-order valence-electron chi connectivity index (χ4n) is 1.46. The predicted octanol–water partition coefficient (Wildman–Crippen LogP) is 1.21. The van der Waals surface area contributed by atoms with Gasteiger partial charge < -0.3 is 4.98 Å². The summed E-state index contributed by atoms with van der Waals surface area (Å²) in [5.74, 6) is -0.113. The molecular formula is C10H15NO3S. The Morgan fingerprint density at radius 2 is 1.87 bits per heavy atom. The average molecular weight is 229 g/mol. The first-order valence-electron chi connectivity index (χ1n) is 4.67. The third kappa shape index (κ3) is 2.28. The maximum atomic E-state index is 11.8. The van der Waals surface area contributed by atoms with Crippen molar-refractivity contribution in [1.29, 1.82) is 0 Å². The maximum Gasteiger partial charge on any atom is 0.191 e. The minimum Gasteiger partial charge on any atom is -0.352 e. The number of nitrogens with one attached hydrogen (secondary N) is 1. The van der Waals surface area contributed by atoms with E-state index in [0.717, 1.165) is 6.26 Å². The molecule has 0 bridgehead atoms. The van der Waals surface area contributed by atoms with Gasteiger partial charge >= 0.3 is 0 Å². The zero-order valence-corrected chi connectivity index (χ0v) is 10.1. The van der Waals surface area contributed by atoms with Gasteiger partial charge in [-0.15, -0.1) is 0 Å². The second-order valence-corrected chi connectivity index (χ2v) is 5.92. The van der Waals surface area contributed by atoms with Crippen LogP contribution in [0.25, 0.3) is 0 Å². The van der Waals surface area contributed by atoms with E-state index in [2.05, 4.69) is 4.98 Å². The summed E-state index contributed by atoms with van der Waals surface area (Å²) in [4.78, 5) is 14.5. The van der Waals surface area contributed by atoms with Crippen molar-refractivity contribution in [2.45, 2.75) is 31.7 Å². The number of rotatable bonds is 2. The minimum atomic E-state index is -3.37. The summed E-state index contributed by atoms with van der Waals surface area (Å²) in [6.45, 7) is 5.27. The molecule has 0 spiro atoms. The summed E-state index contributed by atoms with van der Waals surface area (Å²) < 4.78 is 22.9. The van der Waals surface area contributed by atoms with E-state index in [-0.39, 0.29) is 16.4 Å². The van der Waals surface area contributed by atoms with Crippen LogP contribution in [0.2, 0.25) is 0 Å². The predicted molar refractivity (Wildman–Crippen MR) is 59.0 cm³/mol. The SMILES string of the molecule is Cc1c[nH]c(S(C)(=O)=O)c(C(C)C)c1=O. The van der Waals surface area contributed by atoms with Crippen molar-refractivity contribution in [2.24, 2.45) is 0 Å². The lowest BCUT2D eigenvalue weighted by molar-refractivity contribution is 0.594. The highest BCUT2D eigenvalue weighted by atomic mass is 32.2. The zero-order chi connectivity index (χ0) is 11.8. The van der Waals surface area contributed by atoms with Crippen molar-refractivity contribution in [1.82, 2.24) is 4.98 Å². The van der Waals surface area contributed by atoms with Crippen LogP contribution in [0.3, 0.4) is 0 Å². The number of sulfone groups is 1. The number of hydrogen-bond acceptors (Lipinski definition) is 3. The van der Waals surface area contributed by atoms with E-state index in [1.54, 1.807) is 20.8 Å². The van der Waals surface area contributed by atoms with E-state index < -0.39 is 9.84 Å². The lowest BCUT2D eigenvalue weighted by Crippen LogP contribution is -2.20. The molecule has 0 amide bonds. The van der Waals surface area contributed by atoms with Gasteiger partial charge in [-0.3, -0.25) is 4.79 Å². The Morgan fingerprint density at radius 1 is 1.33 bits per heavy atom. The molecule has 15 heavy (non-hydrogen) atoms. The molecule has 0 aliphatic carbocycles. The van der Waals surface area contributed by atoms with Gasteiger partial charge in [0.25, 0.3) is 0 Å². The molecule has 0 saturated carbocycles. The lowest BCUT2D eigenvalue weighted by Gasteiger charge is -2.10. The number of aromatic amines is 1. The van der Waals surface area contributed by atoms with Gasteiger partial charge in [-0.05, 0) is 12.8 Å². The van der Waals surface area contributed by atoms with Crippen LogP contribution >= 0.6 is 0 Å². The first-order valence-corrected chi connectivity index (χ1v) is 6.56. The molecule has 0 atom stereocenters. The molecule has 1 aromatic heterocycles. The molecule has 0 unspecified atom stereocenters. The monoisotopic (exact) mass is 229 g/mol. The molecule has 0 aliphatic heterocycles. The van der Waals surface area contributed by atoms with Crippen molar-refractivity contribution in [3.8, 4) is 0 Å². The minimum absolute atomic E-state index is 0.0353. The van der Waals surface area contributed by atoms with E-state index >= 15 is 0 Å². The number of H-pyrrole nitrogens is 1. The van der Waals surface area contributed by atoms with Crippen molar-refractivity contribution < 1.29 is 8.42 Å². The fourth-order valence-corrected chi connectivity index (χ4v) is 2.46. The van der Waals surface area contributed by atoms with E-state index in [0.29, 0.717) is 11.1 Å². The second-order valence-electron chi connectivity index (χ2n) is 3.97. The standard InChI is InChI=1S/C10H15NO3S/c1-6(2)8-9(12)7(3)5-11-10(8)15(4,13)14/h5-6H,1-4H3,(H,11,12). The van der Waals surface area contributed by atoms with Gasteiger partial charge in [-0.2, -0.15) is 0 Å². The molecule has 0 radical (unpaired) electrons. The maximum absolute atomic E-state index is 11.8. The average Bonchev–Trinajstić information content (AvgIpc) is 2.06. The van der Waals surface area contributed by atoms with Crippen molar-refractivity contribution in [2.75, 3.05) is 6.26 Å². The molecular weight excluding hydrogens is 214 g/mol. The van der Waals surface area contributed by atoms with Gasteiger partial charge in [0.2, 0.25) is 0 Å². The largest absolute Gasteiger partial charge is 0.352 e. The summed E-state index contributed by atoms with van der Waals surface area (Å²) in [7, 11) is -3.37. The van der Waals surface area contributed by atoms with E-state index in [1.807, 2.05) is 0 Å². The van der Waals surface area contributed by atoms with Crippen LogP contribution in [0.15, 0.2) is 16.0 Å². The number of pyridine rings is 1. The number of aromatic nitrogens is 1. The first kappa shape index (κ1) is 12.0. The highest BCUT2D eigenvalue weighted by Crippen LogP contribution is 2.18. The quantitative estimate of drug-likeness (QED) is 0.828. The van der Waals surface area contributed by atoms with Gasteiger partial charge in [-0.1, -0.05) is 13.8 Å². The van der Waals surface area contributed by atoms with Crippen LogP contribution < -0.4 is 5.43 Å². The van der Waals surface area contributed by atoms with Crippen LogP contribution in [0.1, 0.15) is 30.9 Å². The van der Waals surface area contributed by atoms with Crippen LogP contribution in [0.4, 0.5) is 0 Å². The van der Waals surface area contributed by atoms with Crippen LogP contribution in [-0.2, 0) is 9.84 Å². The van der Waals surface area contributed by atoms with E-state index in [4.69, 9.17) is 0 Å². The van der Waals surface area contributed by atoms with Crippen LogP contribution in [0, 0.1) is 6.92 Å². The molecule has 1 N–H and O–H groups in total. The molecule has 0 fully saturated rings. The summed E-state index contributed by atoms with van der Waals surface area (Å²) in [6, 6.07) is 0. The Labute approximate surface area is 89.3 Å². The van der Waals surface area contributed by atoms with Crippen molar-refractivity contribution in [3.05, 3.63) is 27.5 Å². The molecule has 1 heterocycles. The summed E-state index contributed by atoms with van der Waals surface area (Å²) >= 11 is 0. The molecule has 84 valence electrons. The van der Waals surface area contributed by atoms with Gasteiger partial charge in [0.15, 0.2) is 15.3 Å². The van der Waals surface area contributed by atoms with Crippen LogP contribution in [0.5, 0.6) is 0 Å². The summed E-state index contributed by atoms with van der Waals surface area (Å²) in [5, 5.41) is 0.0353. The Kier molecular flexibility index (Phi) is 3.04. The van der Waals surface area contributed by atoms with E-state index in [1.165, 1.54) is 6.20 Å². The zero-order valence-electron chi connectivity index (χ0n) is 9.29. The normalized spacial score (nSPS) is 12.1. The Hall–Kier alpha value is -1.10. The molecule has 5 heteroatoms. The Morgan fingerprint density at radius 3 is 2.27 bits per heavy atom. The van der Waals surface area contributed by atoms with Gasteiger partial charge in [0.05, 0.1) is 0 Å². The first-order chi connectivity index (χ1) is 6.75. The molecule has 0 saturated heterocycles. The van der Waals surface area contributed by atoms with Gasteiger partial charge in [-0.25, -0.2) is 8.42 Å². The van der Waals surface area contributed by atoms with Gasteiger partial charge in [0.1, 0.15) is 5.03 Å². The number of aryl methyl sites for hydroxylation is 1. The highest BCUT2D eigenvalue weighted by molar-refractivity contribution is 7.90. The summed E-state index contributed by atoms with van der Waals surface area (Å²) in [5.41, 5.74) is 0.688. The number of hydrogen-bond donors (Lipinski definition) is 1. The summed E-state index contributed by atoms with van der Waals surface area (Å²) in [6.07, 6.45) is 2.53. The van der Waals surface area contributed by atoms with Crippen molar-refractivity contribution in [3.63, 3.8) is 0 Å². The smallest absolute Gasteiger partial charge is 0.191 e. The molecule has 1 rings (SSSR count). The fraction of sp³-hybridized carbons (Fsp3) is 0.500. The van der Waals surface area contributed by atoms with Gasteiger partial charge in [0, 0.05) is 23.6 Å². The third-order valence-electron chi connectivity index (χ3n) is 2.22. The molecule has 1 aromatic rings.